The third kappa shape index (κ3) is 8.42. The fraction of sp³-hybridized carbons (Fsp3) is 0.333. The van der Waals surface area contributed by atoms with Crippen LogP contribution in [-0.2, 0) is 9.47 Å². The minimum absolute atomic E-state index is 0.139. The van der Waals surface area contributed by atoms with E-state index in [1.807, 2.05) is 64.1 Å². The van der Waals surface area contributed by atoms with E-state index < -0.39 is 11.7 Å². The third-order valence-electron chi connectivity index (χ3n) is 6.78. The molecule has 1 fully saturated rings. The van der Waals surface area contributed by atoms with Crippen LogP contribution in [0.2, 0.25) is 0 Å². The molecule has 11 nitrogen and oxygen atoms in total. The Balaban J connectivity index is 1.27. The van der Waals surface area contributed by atoms with Crippen LogP contribution in [0.1, 0.15) is 36.7 Å². The summed E-state index contributed by atoms with van der Waals surface area (Å²) in [6.07, 6.45) is 1.06. The largest absolute Gasteiger partial charge is 0.444 e. The van der Waals surface area contributed by atoms with Crippen molar-refractivity contribution in [1.82, 2.24) is 20.2 Å². The maximum Gasteiger partial charge on any atom is 0.412 e. The molecule has 0 bridgehead atoms. The maximum atomic E-state index is 12.9. The second kappa shape index (κ2) is 13.7. The third-order valence-corrected chi connectivity index (χ3v) is 6.78. The molecule has 4 aromatic rings. The first-order valence-electron chi connectivity index (χ1n) is 14.6. The van der Waals surface area contributed by atoms with Crippen LogP contribution in [0.3, 0.4) is 0 Å². The number of aryl methyl sites for hydroxylation is 1. The van der Waals surface area contributed by atoms with Gasteiger partial charge in [0.1, 0.15) is 11.4 Å². The summed E-state index contributed by atoms with van der Waals surface area (Å²) < 4.78 is 17.0. The summed E-state index contributed by atoms with van der Waals surface area (Å²) in [5.74, 6) is 1.07. The van der Waals surface area contributed by atoms with Gasteiger partial charge in [-0.3, -0.25) is 15.0 Å². The van der Waals surface area contributed by atoms with Gasteiger partial charge in [-0.2, -0.15) is 4.98 Å². The van der Waals surface area contributed by atoms with Gasteiger partial charge in [-0.1, -0.05) is 24.3 Å². The van der Waals surface area contributed by atoms with Crippen molar-refractivity contribution in [3.8, 4) is 11.6 Å². The number of ether oxygens (including phenoxy) is 3. The lowest BCUT2D eigenvalue weighted by Crippen LogP contribution is -2.41. The van der Waals surface area contributed by atoms with Crippen LogP contribution in [0.25, 0.3) is 10.8 Å². The lowest BCUT2D eigenvalue weighted by molar-refractivity contribution is 0.0383. The SMILES string of the molecule is Cc1cc(Nc2nccc(Oc3ccc(NC(=O)OC(C)(C)C)c4ccccc34)n2)cc(C(=O)NCCN2CCOCC2)c1. The first kappa shape index (κ1) is 30.7. The first-order chi connectivity index (χ1) is 21.1. The molecule has 0 radical (unpaired) electrons. The summed E-state index contributed by atoms with van der Waals surface area (Å²) in [4.78, 5) is 36.4. The van der Waals surface area contributed by atoms with Gasteiger partial charge in [0.15, 0.2) is 0 Å². The number of benzene rings is 3. The van der Waals surface area contributed by atoms with E-state index in [2.05, 4.69) is 30.8 Å². The number of morpholine rings is 1. The smallest absolute Gasteiger partial charge is 0.412 e. The normalized spacial score (nSPS) is 13.7. The molecule has 1 aliphatic rings. The van der Waals surface area contributed by atoms with Gasteiger partial charge >= 0.3 is 6.09 Å². The molecule has 0 unspecified atom stereocenters. The number of fused-ring (bicyclic) bond motifs is 1. The molecule has 2 amide bonds. The van der Waals surface area contributed by atoms with Crippen LogP contribution >= 0.6 is 0 Å². The highest BCUT2D eigenvalue weighted by Crippen LogP contribution is 2.34. The molecule has 0 atom stereocenters. The van der Waals surface area contributed by atoms with Crippen molar-refractivity contribution in [3.05, 3.63) is 78.0 Å². The summed E-state index contributed by atoms with van der Waals surface area (Å²) in [7, 11) is 0. The van der Waals surface area contributed by atoms with Crippen LogP contribution in [0, 0.1) is 6.92 Å². The summed E-state index contributed by atoms with van der Waals surface area (Å²) in [6, 6.07) is 18.3. The Morgan fingerprint density at radius 2 is 1.77 bits per heavy atom. The summed E-state index contributed by atoms with van der Waals surface area (Å²) >= 11 is 0. The van der Waals surface area contributed by atoms with Crippen molar-refractivity contribution in [2.75, 3.05) is 50.0 Å². The van der Waals surface area contributed by atoms with Crippen molar-refractivity contribution in [2.45, 2.75) is 33.3 Å². The van der Waals surface area contributed by atoms with E-state index in [1.54, 1.807) is 30.5 Å². The minimum atomic E-state index is -0.614. The minimum Gasteiger partial charge on any atom is -0.444 e. The molecule has 3 N–H and O–H groups in total. The molecule has 1 aliphatic heterocycles. The number of hydrogen-bond donors (Lipinski definition) is 3. The first-order valence-corrected chi connectivity index (χ1v) is 14.6. The molecule has 0 spiro atoms. The fourth-order valence-corrected chi connectivity index (χ4v) is 4.82. The average Bonchev–Trinajstić information content (AvgIpc) is 2.98. The number of carbonyl (C=O) groups excluding carboxylic acids is 2. The predicted molar refractivity (Wildman–Crippen MR) is 170 cm³/mol. The maximum absolute atomic E-state index is 12.9. The van der Waals surface area contributed by atoms with E-state index in [0.29, 0.717) is 41.1 Å². The van der Waals surface area contributed by atoms with E-state index in [0.717, 1.165) is 49.2 Å². The molecule has 11 heteroatoms. The Kier molecular flexibility index (Phi) is 9.56. The molecule has 1 aromatic heterocycles. The van der Waals surface area contributed by atoms with E-state index in [1.165, 1.54) is 0 Å². The Bertz CT molecular complexity index is 1630. The molecular formula is C33H38N6O5. The molecule has 44 heavy (non-hydrogen) atoms. The zero-order valence-corrected chi connectivity index (χ0v) is 25.5. The Labute approximate surface area is 256 Å². The molecule has 0 saturated carbocycles. The monoisotopic (exact) mass is 598 g/mol. The number of nitrogens with one attached hydrogen (secondary N) is 3. The van der Waals surface area contributed by atoms with Crippen molar-refractivity contribution in [1.29, 1.82) is 0 Å². The van der Waals surface area contributed by atoms with Crippen LogP contribution in [0.5, 0.6) is 11.6 Å². The molecular weight excluding hydrogens is 560 g/mol. The van der Waals surface area contributed by atoms with Crippen LogP contribution in [0.4, 0.5) is 22.1 Å². The van der Waals surface area contributed by atoms with Gasteiger partial charge in [0.05, 0.1) is 18.9 Å². The van der Waals surface area contributed by atoms with Gasteiger partial charge in [0.2, 0.25) is 11.8 Å². The highest BCUT2D eigenvalue weighted by Gasteiger charge is 2.18. The molecule has 230 valence electrons. The second-order valence-corrected chi connectivity index (χ2v) is 11.5. The number of rotatable bonds is 9. The molecule has 0 aliphatic carbocycles. The van der Waals surface area contributed by atoms with Crippen LogP contribution in [0.15, 0.2) is 66.9 Å². The predicted octanol–water partition coefficient (Wildman–Crippen LogP) is 5.88. The zero-order valence-electron chi connectivity index (χ0n) is 25.5. The van der Waals surface area contributed by atoms with Gasteiger partial charge in [-0.15, -0.1) is 0 Å². The van der Waals surface area contributed by atoms with Gasteiger partial charge in [-0.05, 0) is 63.6 Å². The van der Waals surface area contributed by atoms with Crippen molar-refractivity contribution >= 4 is 40.1 Å². The lowest BCUT2D eigenvalue weighted by Gasteiger charge is -2.26. The number of nitrogens with zero attached hydrogens (tertiary/aromatic N) is 3. The summed E-state index contributed by atoms with van der Waals surface area (Å²) in [6.45, 7) is 11.9. The fourth-order valence-electron chi connectivity index (χ4n) is 4.82. The Morgan fingerprint density at radius 1 is 1.00 bits per heavy atom. The van der Waals surface area contributed by atoms with E-state index in [-0.39, 0.29) is 5.91 Å². The summed E-state index contributed by atoms with van der Waals surface area (Å²) in [5, 5.41) is 10.6. The summed E-state index contributed by atoms with van der Waals surface area (Å²) in [5.41, 5.74) is 2.15. The Hall–Kier alpha value is -4.74. The van der Waals surface area contributed by atoms with Gasteiger partial charge in [-0.25, -0.2) is 9.78 Å². The second-order valence-electron chi connectivity index (χ2n) is 11.5. The number of carbonyl (C=O) groups is 2. The number of hydrogen-bond acceptors (Lipinski definition) is 9. The Morgan fingerprint density at radius 3 is 2.55 bits per heavy atom. The highest BCUT2D eigenvalue weighted by atomic mass is 16.6. The lowest BCUT2D eigenvalue weighted by atomic mass is 10.1. The van der Waals surface area contributed by atoms with Gasteiger partial charge in [0.25, 0.3) is 5.91 Å². The number of aromatic nitrogens is 2. The van der Waals surface area contributed by atoms with Crippen molar-refractivity contribution in [3.63, 3.8) is 0 Å². The highest BCUT2D eigenvalue weighted by molar-refractivity contribution is 6.03. The van der Waals surface area contributed by atoms with Gasteiger partial charge < -0.3 is 24.8 Å². The van der Waals surface area contributed by atoms with E-state index in [9.17, 15) is 9.59 Å². The van der Waals surface area contributed by atoms with E-state index >= 15 is 0 Å². The number of anilines is 3. The average molecular weight is 599 g/mol. The van der Waals surface area contributed by atoms with Crippen molar-refractivity contribution < 1.29 is 23.8 Å². The quantitative estimate of drug-likeness (QED) is 0.216. The zero-order chi connectivity index (χ0) is 31.1. The molecule has 5 rings (SSSR count). The molecule has 3 aromatic carbocycles. The van der Waals surface area contributed by atoms with E-state index in [4.69, 9.17) is 14.2 Å². The van der Waals surface area contributed by atoms with Crippen molar-refractivity contribution in [2.24, 2.45) is 0 Å². The van der Waals surface area contributed by atoms with Crippen LogP contribution < -0.4 is 20.7 Å². The molecule has 1 saturated heterocycles. The standard InChI is InChI=1S/C33H38N6O5/c1-22-19-23(30(40)34-13-14-39-15-17-42-18-16-39)21-24(20-22)36-31-35-12-11-29(38-31)43-28-10-9-27(25-7-5-6-8-26(25)28)37-32(41)44-33(2,3)4/h5-12,19-21H,13-18H2,1-4H3,(H,34,40)(H,37,41)(H,35,36,38). The topological polar surface area (TPSA) is 127 Å². The van der Waals surface area contributed by atoms with Gasteiger partial charge in [0, 0.05) is 60.5 Å². The number of amides is 2. The molecule has 2 heterocycles. The van der Waals surface area contributed by atoms with Crippen LogP contribution in [-0.4, -0.2) is 71.9 Å².